The molecule has 0 aromatic heterocycles. The zero-order valence-electron chi connectivity index (χ0n) is 9.96. The highest BCUT2D eigenvalue weighted by atomic mass is 32.2. The normalized spacial score (nSPS) is 19.4. The van der Waals surface area contributed by atoms with E-state index in [1.54, 1.807) is 28.6 Å². The molecule has 1 fully saturated rings. The van der Waals surface area contributed by atoms with Gasteiger partial charge in [-0.1, -0.05) is 25.1 Å². The van der Waals surface area contributed by atoms with Crippen molar-refractivity contribution in [3.8, 4) is 0 Å². The fourth-order valence-corrected chi connectivity index (χ4v) is 3.35. The molecule has 2 rings (SSSR count). The number of rotatable bonds is 3. The van der Waals surface area contributed by atoms with Crippen molar-refractivity contribution in [2.45, 2.75) is 11.8 Å². The number of hydrogen-bond acceptors (Lipinski definition) is 3. The summed E-state index contributed by atoms with van der Waals surface area (Å²) in [6.45, 7) is 5.82. The lowest BCUT2D eigenvalue weighted by Gasteiger charge is -2.33. The summed E-state index contributed by atoms with van der Waals surface area (Å²) in [6, 6.07) is 9.52. The summed E-state index contributed by atoms with van der Waals surface area (Å²) in [7, 11) is -3.34. The van der Waals surface area contributed by atoms with E-state index in [1.807, 2.05) is 0 Å². The summed E-state index contributed by atoms with van der Waals surface area (Å²) in [5.41, 5.74) is 0. The number of sulfonamides is 1. The molecule has 1 aliphatic rings. The van der Waals surface area contributed by atoms with Crippen LogP contribution in [0.15, 0.2) is 29.2 Å². The molecule has 0 bridgehead atoms. The molecule has 1 heterocycles. The number of nitrogens with zero attached hydrogens (tertiary/aromatic N) is 2. The largest absolute Gasteiger partial charge is 0.301 e. The van der Waals surface area contributed by atoms with Gasteiger partial charge in [0.15, 0.2) is 0 Å². The molecule has 0 N–H and O–H groups in total. The van der Waals surface area contributed by atoms with E-state index in [0.717, 1.165) is 19.6 Å². The first-order valence-corrected chi connectivity index (χ1v) is 7.28. The predicted octanol–water partition coefficient (Wildman–Crippen LogP) is 0.813. The third-order valence-corrected chi connectivity index (χ3v) is 4.93. The van der Waals surface area contributed by atoms with Crippen molar-refractivity contribution >= 4 is 10.0 Å². The smallest absolute Gasteiger partial charge is 0.243 e. The van der Waals surface area contributed by atoms with Crippen LogP contribution in [-0.4, -0.2) is 50.3 Å². The summed E-state index contributed by atoms with van der Waals surface area (Å²) < 4.78 is 26.1. The minimum Gasteiger partial charge on any atom is -0.301 e. The minimum atomic E-state index is -3.34. The van der Waals surface area contributed by atoms with Gasteiger partial charge in [-0.3, -0.25) is 0 Å². The van der Waals surface area contributed by atoms with Crippen LogP contribution < -0.4 is 0 Å². The molecular weight excluding hydrogens is 236 g/mol. The average molecular weight is 253 g/mol. The van der Waals surface area contributed by atoms with E-state index >= 15 is 0 Å². The number of hydrogen-bond donors (Lipinski definition) is 0. The van der Waals surface area contributed by atoms with Gasteiger partial charge >= 0.3 is 0 Å². The van der Waals surface area contributed by atoms with Gasteiger partial charge in [-0.05, 0) is 12.6 Å². The van der Waals surface area contributed by atoms with Crippen molar-refractivity contribution in [2.24, 2.45) is 0 Å². The van der Waals surface area contributed by atoms with Crippen molar-refractivity contribution in [3.63, 3.8) is 0 Å². The third kappa shape index (κ3) is 2.68. The van der Waals surface area contributed by atoms with Crippen molar-refractivity contribution < 1.29 is 8.42 Å². The van der Waals surface area contributed by atoms with Crippen LogP contribution >= 0.6 is 0 Å². The first kappa shape index (κ1) is 12.5. The first-order valence-electron chi connectivity index (χ1n) is 5.84. The van der Waals surface area contributed by atoms with E-state index in [1.165, 1.54) is 0 Å². The highest BCUT2D eigenvalue weighted by Gasteiger charge is 2.27. The molecule has 4 nitrogen and oxygen atoms in total. The Morgan fingerprint density at radius 1 is 1.24 bits per heavy atom. The fourth-order valence-electron chi connectivity index (χ4n) is 1.96. The predicted molar refractivity (Wildman–Crippen MR) is 66.2 cm³/mol. The van der Waals surface area contributed by atoms with Gasteiger partial charge in [0.05, 0.1) is 4.90 Å². The van der Waals surface area contributed by atoms with Gasteiger partial charge in [0.1, 0.15) is 0 Å². The van der Waals surface area contributed by atoms with Crippen molar-refractivity contribution in [3.05, 3.63) is 30.3 Å². The molecule has 0 saturated carbocycles. The van der Waals surface area contributed by atoms with E-state index < -0.39 is 10.0 Å². The monoisotopic (exact) mass is 253 g/mol. The molecule has 0 atom stereocenters. The lowest BCUT2D eigenvalue weighted by Crippen LogP contribution is -2.48. The molecule has 1 radical (unpaired) electrons. The van der Waals surface area contributed by atoms with Crippen LogP contribution in [-0.2, 0) is 10.0 Å². The number of likely N-dealkylation sites (N-methyl/N-ethyl adjacent to an activating group) is 1. The van der Waals surface area contributed by atoms with Gasteiger partial charge in [0.2, 0.25) is 10.0 Å². The van der Waals surface area contributed by atoms with E-state index in [9.17, 15) is 8.42 Å². The van der Waals surface area contributed by atoms with Crippen molar-refractivity contribution in [1.82, 2.24) is 9.21 Å². The molecule has 0 spiro atoms. The van der Waals surface area contributed by atoms with Crippen LogP contribution in [0.2, 0.25) is 0 Å². The van der Waals surface area contributed by atoms with Gasteiger partial charge in [0.25, 0.3) is 0 Å². The second-order valence-electron chi connectivity index (χ2n) is 4.07. The Bertz CT molecular complexity index is 451. The van der Waals surface area contributed by atoms with Crippen LogP contribution in [0.4, 0.5) is 0 Å². The Hall–Kier alpha value is -0.910. The molecule has 1 aromatic carbocycles. The lowest BCUT2D eigenvalue weighted by atomic mass is 10.4. The topological polar surface area (TPSA) is 40.6 Å². The fraction of sp³-hybridized carbons (Fsp3) is 0.500. The minimum absolute atomic E-state index is 0.268. The van der Waals surface area contributed by atoms with E-state index in [0.29, 0.717) is 13.1 Å². The molecule has 93 valence electrons. The first-order chi connectivity index (χ1) is 8.14. The number of piperazine rings is 1. The van der Waals surface area contributed by atoms with Crippen LogP contribution in [0.3, 0.4) is 0 Å². The maximum atomic E-state index is 12.3. The SMILES string of the molecule is CCN1CCN(S(=O)(=O)c2[c]cccc2)CC1. The van der Waals surface area contributed by atoms with Crippen LogP contribution in [0.25, 0.3) is 0 Å². The Kier molecular flexibility index (Phi) is 3.81. The molecular formula is C12H17N2O2S. The standard InChI is InChI=1S/C12H17N2O2S/c1-2-13-8-10-14(11-9-13)17(15,16)12-6-4-3-5-7-12/h3-6H,2,8-11H2,1H3. The van der Waals surface area contributed by atoms with Crippen molar-refractivity contribution in [1.29, 1.82) is 0 Å². The second-order valence-corrected chi connectivity index (χ2v) is 5.97. The van der Waals surface area contributed by atoms with E-state index in [-0.39, 0.29) is 4.90 Å². The molecule has 0 amide bonds. The van der Waals surface area contributed by atoms with Gasteiger partial charge in [-0.25, -0.2) is 8.42 Å². The molecule has 17 heavy (non-hydrogen) atoms. The average Bonchev–Trinajstić information content (AvgIpc) is 2.40. The summed E-state index contributed by atoms with van der Waals surface area (Å²) in [4.78, 5) is 2.52. The maximum Gasteiger partial charge on any atom is 0.243 e. The quantitative estimate of drug-likeness (QED) is 0.800. The van der Waals surface area contributed by atoms with E-state index in [2.05, 4.69) is 17.9 Å². The zero-order valence-corrected chi connectivity index (χ0v) is 10.8. The summed E-state index contributed by atoms with van der Waals surface area (Å²) in [5, 5.41) is 0. The second kappa shape index (κ2) is 5.16. The highest BCUT2D eigenvalue weighted by molar-refractivity contribution is 7.89. The van der Waals surface area contributed by atoms with Crippen LogP contribution in [0.1, 0.15) is 6.92 Å². The Labute approximate surface area is 103 Å². The van der Waals surface area contributed by atoms with Gasteiger partial charge in [-0.15, -0.1) is 0 Å². The molecule has 1 aliphatic heterocycles. The Balaban J connectivity index is 2.13. The molecule has 0 unspecified atom stereocenters. The lowest BCUT2D eigenvalue weighted by molar-refractivity contribution is 0.196. The molecule has 1 aromatic rings. The van der Waals surface area contributed by atoms with Gasteiger partial charge in [-0.2, -0.15) is 4.31 Å². The van der Waals surface area contributed by atoms with E-state index in [4.69, 9.17) is 0 Å². The van der Waals surface area contributed by atoms with Gasteiger partial charge in [0, 0.05) is 32.2 Å². The summed E-state index contributed by atoms with van der Waals surface area (Å²) >= 11 is 0. The maximum absolute atomic E-state index is 12.3. The highest BCUT2D eigenvalue weighted by Crippen LogP contribution is 2.16. The number of benzene rings is 1. The third-order valence-electron chi connectivity index (χ3n) is 3.08. The van der Waals surface area contributed by atoms with Crippen LogP contribution in [0, 0.1) is 6.07 Å². The van der Waals surface area contributed by atoms with Gasteiger partial charge < -0.3 is 4.90 Å². The molecule has 5 heteroatoms. The Morgan fingerprint density at radius 2 is 1.94 bits per heavy atom. The zero-order chi connectivity index (χ0) is 12.3. The van der Waals surface area contributed by atoms with Crippen LogP contribution in [0.5, 0.6) is 0 Å². The summed E-state index contributed by atoms with van der Waals surface area (Å²) in [5.74, 6) is 0. The molecule has 0 aliphatic carbocycles. The molecule has 1 saturated heterocycles. The Morgan fingerprint density at radius 3 is 2.47 bits per heavy atom. The van der Waals surface area contributed by atoms with Crippen molar-refractivity contribution in [2.75, 3.05) is 32.7 Å². The summed E-state index contributed by atoms with van der Waals surface area (Å²) in [6.07, 6.45) is 0.